The normalized spacial score (nSPS) is 11.5. The lowest BCUT2D eigenvalue weighted by Crippen LogP contribution is -2.25. The summed E-state index contributed by atoms with van der Waals surface area (Å²) in [5.74, 6) is 1.06. The predicted octanol–water partition coefficient (Wildman–Crippen LogP) is 5.61. The molecule has 0 radical (unpaired) electrons. The Morgan fingerprint density at radius 1 is 1.07 bits per heavy atom. The Hall–Kier alpha value is -2.12. The van der Waals surface area contributed by atoms with Crippen LogP contribution in [-0.2, 0) is 10.2 Å². The fourth-order valence-electron chi connectivity index (χ4n) is 2.94. The average molecular weight is 487 g/mol. The number of nitrogens with one attached hydrogen (secondary N) is 1. The fourth-order valence-corrected chi connectivity index (χ4v) is 3.98. The first-order valence-electron chi connectivity index (χ1n) is 10.0. The second-order valence-corrected chi connectivity index (χ2v) is 9.94. The van der Waals surface area contributed by atoms with Gasteiger partial charge in [-0.15, -0.1) is 10.2 Å². The van der Waals surface area contributed by atoms with Crippen molar-refractivity contribution in [3.05, 3.63) is 58.6 Å². The van der Waals surface area contributed by atoms with Crippen LogP contribution in [0.5, 0.6) is 0 Å². The molecule has 30 heavy (non-hydrogen) atoms. The van der Waals surface area contributed by atoms with Gasteiger partial charge in [-0.25, -0.2) is 0 Å². The monoisotopic (exact) mass is 486 g/mol. The molecular weight excluding hydrogens is 460 g/mol. The van der Waals surface area contributed by atoms with Crippen LogP contribution >= 0.6 is 27.7 Å². The van der Waals surface area contributed by atoms with Crippen molar-refractivity contribution in [1.82, 2.24) is 20.1 Å². The van der Waals surface area contributed by atoms with Gasteiger partial charge in [0, 0.05) is 22.3 Å². The van der Waals surface area contributed by atoms with Crippen LogP contribution < -0.4 is 5.32 Å². The van der Waals surface area contributed by atoms with E-state index in [9.17, 15) is 4.79 Å². The highest BCUT2D eigenvalue weighted by molar-refractivity contribution is 9.10. The van der Waals surface area contributed by atoms with Crippen molar-refractivity contribution in [1.29, 1.82) is 0 Å². The number of nitrogens with zero attached hydrogens (tertiary/aromatic N) is 3. The molecule has 0 fully saturated rings. The zero-order valence-electron chi connectivity index (χ0n) is 17.8. The molecular formula is C23H27BrN4OS. The van der Waals surface area contributed by atoms with Crippen LogP contribution in [0, 0.1) is 0 Å². The Balaban J connectivity index is 1.96. The summed E-state index contributed by atoms with van der Waals surface area (Å²) in [7, 11) is 0. The molecule has 3 aromatic rings. The molecule has 7 heteroatoms. The molecule has 1 heterocycles. The fraction of sp³-hybridized carbons (Fsp3) is 0.348. The summed E-state index contributed by atoms with van der Waals surface area (Å²) in [6, 6.07) is 16.5. The zero-order valence-corrected chi connectivity index (χ0v) is 20.2. The van der Waals surface area contributed by atoms with Gasteiger partial charge in [0.25, 0.3) is 0 Å². The van der Waals surface area contributed by atoms with Crippen molar-refractivity contribution in [3.8, 4) is 17.1 Å². The Morgan fingerprint density at radius 3 is 2.33 bits per heavy atom. The number of hydrogen-bond acceptors (Lipinski definition) is 4. The maximum atomic E-state index is 12.1. The van der Waals surface area contributed by atoms with Gasteiger partial charge in [-0.2, -0.15) is 0 Å². The van der Waals surface area contributed by atoms with Crippen LogP contribution in [0.15, 0.2) is 58.2 Å². The molecule has 0 unspecified atom stereocenters. The van der Waals surface area contributed by atoms with Gasteiger partial charge in [0.15, 0.2) is 11.0 Å². The van der Waals surface area contributed by atoms with Crippen LogP contribution in [-0.4, -0.2) is 33.0 Å². The van der Waals surface area contributed by atoms with Crippen molar-refractivity contribution < 1.29 is 4.79 Å². The molecule has 1 N–H and O–H groups in total. The number of halogens is 1. The molecule has 1 aromatic heterocycles. The topological polar surface area (TPSA) is 59.8 Å². The van der Waals surface area contributed by atoms with Gasteiger partial charge in [-0.1, -0.05) is 79.7 Å². The van der Waals surface area contributed by atoms with E-state index in [0.29, 0.717) is 17.5 Å². The second kappa shape index (κ2) is 9.79. The molecule has 0 aliphatic rings. The van der Waals surface area contributed by atoms with E-state index >= 15 is 0 Å². The summed E-state index contributed by atoms with van der Waals surface area (Å²) in [6.45, 7) is 9.32. The lowest BCUT2D eigenvalue weighted by atomic mass is 9.87. The molecule has 0 bridgehead atoms. The Labute approximate surface area is 190 Å². The van der Waals surface area contributed by atoms with Gasteiger partial charge in [0.05, 0.1) is 5.75 Å². The van der Waals surface area contributed by atoms with Crippen molar-refractivity contribution in [2.75, 3.05) is 12.3 Å². The highest BCUT2D eigenvalue weighted by Gasteiger charge is 2.19. The SMILES string of the molecule is CCCNC(=O)CSc1nnc(-c2ccc(C(C)(C)C)cc2)n1-c1ccc(Br)cc1. The predicted molar refractivity (Wildman–Crippen MR) is 127 cm³/mol. The molecule has 5 nitrogen and oxygen atoms in total. The molecule has 0 saturated carbocycles. The summed E-state index contributed by atoms with van der Waals surface area (Å²) >= 11 is 4.89. The van der Waals surface area contributed by atoms with Crippen LogP contribution in [0.25, 0.3) is 17.1 Å². The van der Waals surface area contributed by atoms with Gasteiger partial charge in [0.2, 0.25) is 5.91 Å². The van der Waals surface area contributed by atoms with Gasteiger partial charge in [-0.05, 0) is 41.7 Å². The number of hydrogen-bond donors (Lipinski definition) is 1. The number of carbonyl (C=O) groups is 1. The van der Waals surface area contributed by atoms with E-state index in [1.807, 2.05) is 35.8 Å². The standard InChI is InChI=1S/C23H27BrN4OS/c1-5-14-25-20(29)15-30-22-27-26-21(28(22)19-12-10-18(24)11-13-19)16-6-8-17(9-7-16)23(2,3)4/h6-13H,5,14-15H2,1-4H3,(H,25,29). The number of thioether (sulfide) groups is 1. The quantitative estimate of drug-likeness (QED) is 0.440. The number of amides is 1. The minimum atomic E-state index is 0.00304. The average Bonchev–Trinajstić information content (AvgIpc) is 3.14. The van der Waals surface area contributed by atoms with Gasteiger partial charge in [0.1, 0.15) is 0 Å². The van der Waals surface area contributed by atoms with Crippen molar-refractivity contribution in [2.24, 2.45) is 0 Å². The molecule has 0 aliphatic heterocycles. The summed E-state index contributed by atoms with van der Waals surface area (Å²) in [5, 5.41) is 12.5. The molecule has 0 aliphatic carbocycles. The first-order valence-corrected chi connectivity index (χ1v) is 11.8. The zero-order chi connectivity index (χ0) is 21.7. The van der Waals surface area contributed by atoms with Crippen molar-refractivity contribution in [2.45, 2.75) is 44.7 Å². The van der Waals surface area contributed by atoms with Gasteiger partial charge >= 0.3 is 0 Å². The molecule has 158 valence electrons. The first-order chi connectivity index (χ1) is 14.3. The van der Waals surface area contributed by atoms with E-state index in [0.717, 1.165) is 28.0 Å². The number of rotatable bonds is 7. The second-order valence-electron chi connectivity index (χ2n) is 8.08. The maximum absolute atomic E-state index is 12.1. The van der Waals surface area contributed by atoms with E-state index in [-0.39, 0.29) is 11.3 Å². The van der Waals surface area contributed by atoms with E-state index < -0.39 is 0 Å². The summed E-state index contributed by atoms with van der Waals surface area (Å²) < 4.78 is 3.01. The van der Waals surface area contributed by atoms with E-state index in [1.165, 1.54) is 17.3 Å². The highest BCUT2D eigenvalue weighted by atomic mass is 79.9. The number of aromatic nitrogens is 3. The Kier molecular flexibility index (Phi) is 7.36. The lowest BCUT2D eigenvalue weighted by Gasteiger charge is -2.19. The molecule has 2 aromatic carbocycles. The largest absolute Gasteiger partial charge is 0.355 e. The van der Waals surface area contributed by atoms with Crippen LogP contribution in [0.2, 0.25) is 0 Å². The molecule has 0 atom stereocenters. The molecule has 1 amide bonds. The minimum absolute atomic E-state index is 0.00304. The third-order valence-electron chi connectivity index (χ3n) is 4.63. The van der Waals surface area contributed by atoms with Crippen LogP contribution in [0.4, 0.5) is 0 Å². The third-order valence-corrected chi connectivity index (χ3v) is 6.09. The molecule has 0 spiro atoms. The molecule has 0 saturated heterocycles. The van der Waals surface area contributed by atoms with Crippen LogP contribution in [0.3, 0.4) is 0 Å². The van der Waals surface area contributed by atoms with E-state index in [4.69, 9.17) is 0 Å². The van der Waals surface area contributed by atoms with E-state index in [1.54, 1.807) is 0 Å². The van der Waals surface area contributed by atoms with Crippen molar-refractivity contribution >= 4 is 33.6 Å². The van der Waals surface area contributed by atoms with Crippen molar-refractivity contribution in [3.63, 3.8) is 0 Å². The highest BCUT2D eigenvalue weighted by Crippen LogP contribution is 2.30. The molecule has 3 rings (SSSR count). The van der Waals surface area contributed by atoms with Gasteiger partial charge in [-0.3, -0.25) is 9.36 Å². The first kappa shape index (κ1) is 22.6. The summed E-state index contributed by atoms with van der Waals surface area (Å²) in [4.78, 5) is 12.1. The number of carbonyl (C=O) groups excluding carboxylic acids is 1. The third kappa shape index (κ3) is 5.52. The van der Waals surface area contributed by atoms with Gasteiger partial charge < -0.3 is 5.32 Å². The lowest BCUT2D eigenvalue weighted by molar-refractivity contribution is -0.118. The van der Waals surface area contributed by atoms with Crippen LogP contribution in [0.1, 0.15) is 39.7 Å². The maximum Gasteiger partial charge on any atom is 0.230 e. The van der Waals surface area contributed by atoms with E-state index in [2.05, 4.69) is 76.5 Å². The number of benzene rings is 2. The summed E-state index contributed by atoms with van der Waals surface area (Å²) in [6.07, 6.45) is 0.917. The Morgan fingerprint density at radius 2 is 1.73 bits per heavy atom. The smallest absolute Gasteiger partial charge is 0.230 e. The minimum Gasteiger partial charge on any atom is -0.355 e. The summed E-state index contributed by atoms with van der Waals surface area (Å²) in [5.41, 5.74) is 3.29. The Bertz CT molecular complexity index is 992.